The van der Waals surface area contributed by atoms with Gasteiger partial charge in [-0.25, -0.2) is 4.39 Å². The third-order valence-corrected chi connectivity index (χ3v) is 3.96. The fourth-order valence-corrected chi connectivity index (χ4v) is 2.63. The fourth-order valence-electron chi connectivity index (χ4n) is 2.46. The maximum atomic E-state index is 13.0. The van der Waals surface area contributed by atoms with Crippen LogP contribution in [0.5, 0.6) is 5.75 Å². The van der Waals surface area contributed by atoms with E-state index in [0.717, 1.165) is 0 Å². The number of carbonyl (C=O) groups excluding carboxylic acids is 2. The van der Waals surface area contributed by atoms with Crippen LogP contribution in [0, 0.1) is 11.7 Å². The number of amides is 1. The van der Waals surface area contributed by atoms with E-state index >= 15 is 0 Å². The van der Waals surface area contributed by atoms with Crippen LogP contribution in [-0.2, 0) is 9.59 Å². The molecule has 23 heavy (non-hydrogen) atoms. The molecule has 1 aliphatic heterocycles. The van der Waals surface area contributed by atoms with Gasteiger partial charge in [0.2, 0.25) is 5.91 Å². The van der Waals surface area contributed by atoms with Crippen LogP contribution in [0.1, 0.15) is 6.42 Å². The Labute approximate surface area is 137 Å². The summed E-state index contributed by atoms with van der Waals surface area (Å²) in [7, 11) is 0. The van der Waals surface area contributed by atoms with Gasteiger partial charge in [0.15, 0.2) is 0 Å². The molecule has 6 heteroatoms. The van der Waals surface area contributed by atoms with Gasteiger partial charge in [-0.05, 0) is 36.4 Å². The first-order valence-corrected chi connectivity index (χ1v) is 7.44. The lowest BCUT2D eigenvalue weighted by Crippen LogP contribution is -2.27. The lowest BCUT2D eigenvalue weighted by atomic mass is 10.1. The summed E-state index contributed by atoms with van der Waals surface area (Å²) in [6.45, 7) is 0.202. The number of hydrogen-bond donors (Lipinski definition) is 0. The van der Waals surface area contributed by atoms with Gasteiger partial charge < -0.3 is 9.64 Å². The van der Waals surface area contributed by atoms with E-state index in [2.05, 4.69) is 0 Å². The molecule has 4 nitrogen and oxygen atoms in total. The molecule has 0 aromatic heterocycles. The molecule has 1 heterocycles. The number of ether oxygens (including phenoxy) is 1. The Kier molecular flexibility index (Phi) is 4.30. The summed E-state index contributed by atoms with van der Waals surface area (Å²) in [6.07, 6.45) is 0.0562. The van der Waals surface area contributed by atoms with Crippen molar-refractivity contribution in [2.45, 2.75) is 6.42 Å². The summed E-state index contributed by atoms with van der Waals surface area (Å²) < 4.78 is 18.2. The zero-order valence-corrected chi connectivity index (χ0v) is 12.8. The molecule has 3 rings (SSSR count). The van der Waals surface area contributed by atoms with E-state index in [4.69, 9.17) is 16.3 Å². The highest BCUT2D eigenvalue weighted by Gasteiger charge is 2.36. The summed E-state index contributed by atoms with van der Waals surface area (Å²) in [5, 5.41) is 0.334. The molecule has 0 aliphatic carbocycles. The topological polar surface area (TPSA) is 46.6 Å². The van der Waals surface area contributed by atoms with Crippen molar-refractivity contribution in [3.05, 3.63) is 59.4 Å². The van der Waals surface area contributed by atoms with Crippen LogP contribution in [0.25, 0.3) is 0 Å². The molecule has 1 saturated heterocycles. The average molecular weight is 334 g/mol. The van der Waals surface area contributed by atoms with Crippen LogP contribution in [0.3, 0.4) is 0 Å². The minimum absolute atomic E-state index is 0.0562. The van der Waals surface area contributed by atoms with E-state index in [1.807, 2.05) is 0 Å². The van der Waals surface area contributed by atoms with Gasteiger partial charge in [-0.1, -0.05) is 23.7 Å². The first kappa shape index (κ1) is 15.5. The third kappa shape index (κ3) is 3.35. The van der Waals surface area contributed by atoms with Crippen molar-refractivity contribution in [1.29, 1.82) is 0 Å². The van der Waals surface area contributed by atoms with E-state index in [0.29, 0.717) is 10.7 Å². The van der Waals surface area contributed by atoms with Crippen molar-refractivity contribution in [2.24, 2.45) is 5.92 Å². The standard InChI is InChI=1S/C17H13ClFNO3/c18-14-3-1-2-4-15(14)23-17(22)11-9-16(21)20(10-11)13-7-5-12(19)6-8-13/h1-8,11H,9-10H2/t11-/m1/s1. The van der Waals surface area contributed by atoms with Gasteiger partial charge in [-0.3, -0.25) is 9.59 Å². The highest BCUT2D eigenvalue weighted by atomic mass is 35.5. The van der Waals surface area contributed by atoms with Gasteiger partial charge >= 0.3 is 5.97 Å². The Morgan fingerprint density at radius 1 is 1.17 bits per heavy atom. The van der Waals surface area contributed by atoms with Gasteiger partial charge in [0.1, 0.15) is 11.6 Å². The molecule has 0 N–H and O–H groups in total. The van der Waals surface area contributed by atoms with Gasteiger partial charge in [0.05, 0.1) is 10.9 Å². The maximum absolute atomic E-state index is 13.0. The fraction of sp³-hybridized carbons (Fsp3) is 0.176. The third-order valence-electron chi connectivity index (χ3n) is 3.64. The first-order chi connectivity index (χ1) is 11.0. The number of nitrogens with zero attached hydrogens (tertiary/aromatic N) is 1. The summed E-state index contributed by atoms with van der Waals surface area (Å²) >= 11 is 5.95. The number of carbonyl (C=O) groups is 2. The second-order valence-corrected chi connectivity index (χ2v) is 5.64. The number of rotatable bonds is 3. The summed E-state index contributed by atoms with van der Waals surface area (Å²) in [5.41, 5.74) is 0.560. The van der Waals surface area contributed by atoms with Crippen molar-refractivity contribution >= 4 is 29.2 Å². The molecule has 2 aromatic rings. The Morgan fingerprint density at radius 3 is 2.57 bits per heavy atom. The average Bonchev–Trinajstić information content (AvgIpc) is 2.92. The number of benzene rings is 2. The molecule has 1 atom stereocenters. The molecule has 118 valence electrons. The Balaban J connectivity index is 1.71. The van der Waals surface area contributed by atoms with Gasteiger partial charge in [-0.2, -0.15) is 0 Å². The summed E-state index contributed by atoms with van der Waals surface area (Å²) in [6, 6.07) is 12.2. The minimum atomic E-state index is -0.580. The number of halogens is 2. The minimum Gasteiger partial charge on any atom is -0.425 e. The van der Waals surface area contributed by atoms with Crippen LogP contribution < -0.4 is 9.64 Å². The van der Waals surface area contributed by atoms with Crippen molar-refractivity contribution in [2.75, 3.05) is 11.4 Å². The molecular weight excluding hydrogens is 321 g/mol. The van der Waals surface area contributed by atoms with Crippen LogP contribution in [0.15, 0.2) is 48.5 Å². The Bertz CT molecular complexity index is 748. The van der Waals surface area contributed by atoms with Gasteiger partial charge in [0.25, 0.3) is 0 Å². The molecule has 0 spiro atoms. The molecule has 0 saturated carbocycles. The Hall–Kier alpha value is -2.40. The van der Waals surface area contributed by atoms with Crippen LogP contribution in [-0.4, -0.2) is 18.4 Å². The summed E-state index contributed by atoms with van der Waals surface area (Å²) in [5.74, 6) is -1.39. The smallest absolute Gasteiger partial charge is 0.316 e. The molecule has 2 aromatic carbocycles. The lowest BCUT2D eigenvalue weighted by Gasteiger charge is -2.16. The van der Waals surface area contributed by atoms with Crippen molar-refractivity contribution in [1.82, 2.24) is 0 Å². The number of hydrogen-bond acceptors (Lipinski definition) is 3. The van der Waals surface area contributed by atoms with E-state index in [1.54, 1.807) is 24.3 Å². The number of anilines is 1. The van der Waals surface area contributed by atoms with Gasteiger partial charge in [-0.15, -0.1) is 0 Å². The lowest BCUT2D eigenvalue weighted by molar-refractivity contribution is -0.139. The Morgan fingerprint density at radius 2 is 1.87 bits per heavy atom. The monoisotopic (exact) mass is 333 g/mol. The molecule has 1 amide bonds. The first-order valence-electron chi connectivity index (χ1n) is 7.07. The quantitative estimate of drug-likeness (QED) is 0.638. The van der Waals surface area contributed by atoms with E-state index < -0.39 is 11.9 Å². The van der Waals surface area contributed by atoms with E-state index in [9.17, 15) is 14.0 Å². The highest BCUT2D eigenvalue weighted by Crippen LogP contribution is 2.28. The molecule has 0 bridgehead atoms. The summed E-state index contributed by atoms with van der Waals surface area (Å²) in [4.78, 5) is 25.8. The maximum Gasteiger partial charge on any atom is 0.316 e. The highest BCUT2D eigenvalue weighted by molar-refractivity contribution is 6.32. The normalized spacial score (nSPS) is 17.4. The molecule has 0 unspecified atom stereocenters. The SMILES string of the molecule is O=C(Oc1ccccc1Cl)[C@@H]1CC(=O)N(c2ccc(F)cc2)C1. The molecule has 1 aliphatic rings. The predicted octanol–water partition coefficient (Wildman–Crippen LogP) is 3.44. The van der Waals surface area contributed by atoms with Crippen molar-refractivity contribution in [3.8, 4) is 5.75 Å². The zero-order valence-electron chi connectivity index (χ0n) is 12.0. The van der Waals surface area contributed by atoms with Crippen LogP contribution >= 0.6 is 11.6 Å². The van der Waals surface area contributed by atoms with Gasteiger partial charge in [0, 0.05) is 18.7 Å². The van der Waals surface area contributed by atoms with Crippen LogP contribution in [0.2, 0.25) is 5.02 Å². The van der Waals surface area contributed by atoms with Crippen molar-refractivity contribution in [3.63, 3.8) is 0 Å². The second kappa shape index (κ2) is 6.38. The van der Waals surface area contributed by atoms with Crippen molar-refractivity contribution < 1.29 is 18.7 Å². The predicted molar refractivity (Wildman–Crippen MR) is 83.9 cm³/mol. The molecule has 0 radical (unpaired) electrons. The van der Waals surface area contributed by atoms with Crippen LogP contribution in [0.4, 0.5) is 10.1 Å². The van der Waals surface area contributed by atoms with E-state index in [-0.39, 0.29) is 30.4 Å². The second-order valence-electron chi connectivity index (χ2n) is 5.23. The van der Waals surface area contributed by atoms with E-state index in [1.165, 1.54) is 29.2 Å². The molecule has 1 fully saturated rings. The number of para-hydroxylation sites is 1. The zero-order chi connectivity index (χ0) is 16.4. The molecular formula is C17H13ClFNO3. The number of esters is 1. The largest absolute Gasteiger partial charge is 0.425 e.